The Kier molecular flexibility index (Phi) is 4.77. The highest BCUT2D eigenvalue weighted by atomic mass is 32.1. The van der Waals surface area contributed by atoms with Gasteiger partial charge in [-0.15, -0.1) is 11.3 Å². The zero-order valence-electron chi connectivity index (χ0n) is 9.87. The van der Waals surface area contributed by atoms with E-state index < -0.39 is 0 Å². The Bertz CT molecular complexity index is 579. The minimum Gasteiger partial charge on any atom is -0.308 e. The van der Waals surface area contributed by atoms with Crippen LogP contribution in [0.3, 0.4) is 0 Å². The van der Waals surface area contributed by atoms with Gasteiger partial charge in [0, 0.05) is 17.7 Å². The normalized spacial score (nSPS) is 10.3. The number of hydrogen-bond acceptors (Lipinski definition) is 4. The molecule has 0 bridgehead atoms. The molecule has 1 aromatic heterocycles. The molecule has 0 spiro atoms. The summed E-state index contributed by atoms with van der Waals surface area (Å²) in [5, 5.41) is 8.08. The van der Waals surface area contributed by atoms with Crippen molar-refractivity contribution in [2.24, 2.45) is 0 Å². The third kappa shape index (κ3) is 4.61. The SMILES string of the molecule is O=C(/C=C/c1ccccc1)NC(=S)Nc1nccs1. The number of thiazole rings is 1. The summed E-state index contributed by atoms with van der Waals surface area (Å²) in [5.74, 6) is -0.280. The number of carbonyl (C=O) groups excluding carboxylic acids is 1. The molecule has 0 unspecified atom stereocenters. The summed E-state index contributed by atoms with van der Waals surface area (Å²) in [6, 6.07) is 9.56. The highest BCUT2D eigenvalue weighted by Gasteiger charge is 2.02. The van der Waals surface area contributed by atoms with E-state index in [-0.39, 0.29) is 11.0 Å². The zero-order valence-corrected chi connectivity index (χ0v) is 11.5. The number of nitrogens with zero attached hydrogens (tertiary/aromatic N) is 1. The van der Waals surface area contributed by atoms with E-state index in [2.05, 4.69) is 15.6 Å². The van der Waals surface area contributed by atoms with Crippen LogP contribution in [-0.2, 0) is 4.79 Å². The van der Waals surface area contributed by atoms with E-state index >= 15 is 0 Å². The van der Waals surface area contributed by atoms with Gasteiger partial charge in [0.15, 0.2) is 10.2 Å². The van der Waals surface area contributed by atoms with Crippen molar-refractivity contribution >= 4 is 45.8 Å². The highest BCUT2D eigenvalue weighted by molar-refractivity contribution is 7.80. The Morgan fingerprint density at radius 3 is 2.79 bits per heavy atom. The largest absolute Gasteiger partial charge is 0.308 e. The summed E-state index contributed by atoms with van der Waals surface area (Å²) < 4.78 is 0. The van der Waals surface area contributed by atoms with E-state index in [0.717, 1.165) is 5.56 Å². The monoisotopic (exact) mass is 289 g/mol. The molecular weight excluding hydrogens is 278 g/mol. The molecule has 19 heavy (non-hydrogen) atoms. The van der Waals surface area contributed by atoms with Crippen LogP contribution in [0.4, 0.5) is 5.13 Å². The van der Waals surface area contributed by atoms with Crippen LogP contribution in [0.1, 0.15) is 5.56 Å². The lowest BCUT2D eigenvalue weighted by atomic mass is 10.2. The number of anilines is 1. The van der Waals surface area contributed by atoms with Crippen molar-refractivity contribution in [1.82, 2.24) is 10.3 Å². The summed E-state index contributed by atoms with van der Waals surface area (Å²) in [4.78, 5) is 15.6. The van der Waals surface area contributed by atoms with Gasteiger partial charge >= 0.3 is 0 Å². The topological polar surface area (TPSA) is 54.0 Å². The van der Waals surface area contributed by atoms with Gasteiger partial charge in [-0.3, -0.25) is 10.1 Å². The van der Waals surface area contributed by atoms with Crippen molar-refractivity contribution < 1.29 is 4.79 Å². The Balaban J connectivity index is 1.84. The first-order valence-corrected chi connectivity index (χ1v) is 6.77. The first kappa shape index (κ1) is 13.4. The van der Waals surface area contributed by atoms with Crippen molar-refractivity contribution in [3.8, 4) is 0 Å². The molecule has 0 aliphatic rings. The fraction of sp³-hybridized carbons (Fsp3) is 0. The number of hydrogen-bond donors (Lipinski definition) is 2. The molecule has 6 heteroatoms. The van der Waals surface area contributed by atoms with Gasteiger partial charge in [-0.05, 0) is 23.9 Å². The third-order valence-electron chi connectivity index (χ3n) is 2.12. The second-order valence-corrected chi connectivity index (χ2v) is 4.83. The van der Waals surface area contributed by atoms with E-state index in [1.165, 1.54) is 17.4 Å². The molecule has 0 saturated carbocycles. The molecule has 0 fully saturated rings. The van der Waals surface area contributed by atoms with Gasteiger partial charge in [0.25, 0.3) is 0 Å². The second kappa shape index (κ2) is 6.77. The number of carbonyl (C=O) groups is 1. The van der Waals surface area contributed by atoms with Gasteiger partial charge in [0.05, 0.1) is 0 Å². The Hall–Kier alpha value is -2.05. The summed E-state index contributed by atoms with van der Waals surface area (Å²) >= 11 is 6.41. The van der Waals surface area contributed by atoms with Crippen LogP contribution in [0.15, 0.2) is 48.0 Å². The lowest BCUT2D eigenvalue weighted by Gasteiger charge is -2.04. The van der Waals surface area contributed by atoms with Gasteiger partial charge in [-0.1, -0.05) is 30.3 Å². The minimum absolute atomic E-state index is 0.234. The molecule has 96 valence electrons. The molecule has 2 rings (SSSR count). The summed E-state index contributed by atoms with van der Waals surface area (Å²) in [5.41, 5.74) is 0.955. The minimum atomic E-state index is -0.280. The lowest BCUT2D eigenvalue weighted by Crippen LogP contribution is -2.32. The predicted molar refractivity (Wildman–Crippen MR) is 82.0 cm³/mol. The van der Waals surface area contributed by atoms with Crippen molar-refractivity contribution in [2.45, 2.75) is 0 Å². The van der Waals surface area contributed by atoms with Gasteiger partial charge < -0.3 is 5.32 Å². The number of nitrogens with one attached hydrogen (secondary N) is 2. The van der Waals surface area contributed by atoms with Crippen LogP contribution in [-0.4, -0.2) is 16.0 Å². The standard InChI is InChI=1S/C13H11N3OS2/c17-11(7-6-10-4-2-1-3-5-10)15-12(18)16-13-14-8-9-19-13/h1-9H,(H2,14,15,16,17,18)/b7-6+. The predicted octanol–water partition coefficient (Wildman–Crippen LogP) is 2.67. The van der Waals surface area contributed by atoms with Crippen LogP contribution in [0, 0.1) is 0 Å². The van der Waals surface area contributed by atoms with Crippen molar-refractivity contribution in [2.75, 3.05) is 5.32 Å². The van der Waals surface area contributed by atoms with Crippen LogP contribution in [0.2, 0.25) is 0 Å². The first-order valence-electron chi connectivity index (χ1n) is 5.48. The number of benzene rings is 1. The molecule has 0 atom stereocenters. The average molecular weight is 289 g/mol. The van der Waals surface area contributed by atoms with Crippen LogP contribution >= 0.6 is 23.6 Å². The van der Waals surface area contributed by atoms with E-state index in [0.29, 0.717) is 5.13 Å². The van der Waals surface area contributed by atoms with Crippen LogP contribution in [0.5, 0.6) is 0 Å². The number of thiocarbonyl (C=S) groups is 1. The highest BCUT2D eigenvalue weighted by Crippen LogP contribution is 2.09. The maximum atomic E-state index is 11.6. The number of amides is 1. The Morgan fingerprint density at radius 2 is 2.11 bits per heavy atom. The fourth-order valence-electron chi connectivity index (χ4n) is 1.30. The second-order valence-electron chi connectivity index (χ2n) is 3.52. The van der Waals surface area contributed by atoms with Gasteiger partial charge in [-0.2, -0.15) is 0 Å². The molecular formula is C13H11N3OS2. The van der Waals surface area contributed by atoms with E-state index in [9.17, 15) is 4.79 Å². The quantitative estimate of drug-likeness (QED) is 0.674. The summed E-state index contributed by atoms with van der Waals surface area (Å²) in [6.07, 6.45) is 4.82. The molecule has 1 amide bonds. The first-order chi connectivity index (χ1) is 9.24. The molecule has 0 radical (unpaired) electrons. The van der Waals surface area contributed by atoms with Crippen LogP contribution in [0.25, 0.3) is 6.08 Å². The third-order valence-corrected chi connectivity index (χ3v) is 3.01. The maximum absolute atomic E-state index is 11.6. The summed E-state index contributed by atoms with van der Waals surface area (Å²) in [6.45, 7) is 0. The van der Waals surface area contributed by atoms with Crippen molar-refractivity contribution in [3.05, 3.63) is 53.5 Å². The van der Waals surface area contributed by atoms with Gasteiger partial charge in [0.1, 0.15) is 0 Å². The Labute approximate surface area is 120 Å². The van der Waals surface area contributed by atoms with E-state index in [4.69, 9.17) is 12.2 Å². The fourth-order valence-corrected chi connectivity index (χ4v) is 2.10. The maximum Gasteiger partial charge on any atom is 0.250 e. The van der Waals surface area contributed by atoms with Crippen LogP contribution < -0.4 is 10.6 Å². The molecule has 1 aromatic carbocycles. The average Bonchev–Trinajstić information content (AvgIpc) is 2.90. The molecule has 2 aromatic rings. The number of aromatic nitrogens is 1. The number of rotatable bonds is 3. The van der Waals surface area contributed by atoms with Crippen molar-refractivity contribution in [1.29, 1.82) is 0 Å². The smallest absolute Gasteiger partial charge is 0.250 e. The zero-order chi connectivity index (χ0) is 13.5. The molecule has 4 nitrogen and oxygen atoms in total. The molecule has 0 saturated heterocycles. The van der Waals surface area contributed by atoms with Crippen molar-refractivity contribution in [3.63, 3.8) is 0 Å². The lowest BCUT2D eigenvalue weighted by molar-refractivity contribution is -0.115. The summed E-state index contributed by atoms with van der Waals surface area (Å²) in [7, 11) is 0. The molecule has 0 aliphatic heterocycles. The van der Waals surface area contributed by atoms with E-state index in [1.807, 2.05) is 35.7 Å². The van der Waals surface area contributed by atoms with E-state index in [1.54, 1.807) is 12.3 Å². The molecule has 1 heterocycles. The Morgan fingerprint density at radius 1 is 1.32 bits per heavy atom. The molecule has 0 aliphatic carbocycles. The molecule has 2 N–H and O–H groups in total. The van der Waals surface area contributed by atoms with Gasteiger partial charge in [0.2, 0.25) is 5.91 Å². The van der Waals surface area contributed by atoms with Gasteiger partial charge in [-0.25, -0.2) is 4.98 Å².